The molecular formula is C19H26N6. The zero-order chi connectivity index (χ0) is 17.8. The lowest BCUT2D eigenvalue weighted by atomic mass is 10.1. The normalized spacial score (nSPS) is 13.0. The molecule has 0 fully saturated rings. The molecular weight excluding hydrogens is 312 g/mol. The van der Waals surface area contributed by atoms with Crippen LogP contribution in [-0.2, 0) is 19.3 Å². The van der Waals surface area contributed by atoms with Crippen molar-refractivity contribution >= 4 is 11.5 Å². The van der Waals surface area contributed by atoms with Gasteiger partial charge in [0, 0.05) is 24.9 Å². The standard InChI is InChI=1S/C17H20N6.C2H6/c1-11-10-19-12(2)17-21-15(22-23(11)17)8-7-14-6-5-13-4-3-9-18-16(13)20-14;1-2/h5-6,10H,3-4,7-9H2,1-2H3,(H,18,20);1-2H3. The van der Waals surface area contributed by atoms with Crippen LogP contribution in [0.4, 0.5) is 5.82 Å². The molecule has 6 nitrogen and oxygen atoms in total. The fraction of sp³-hybridized carbons (Fsp3) is 0.474. The molecule has 0 bridgehead atoms. The Morgan fingerprint density at radius 2 is 1.96 bits per heavy atom. The van der Waals surface area contributed by atoms with Gasteiger partial charge in [-0.1, -0.05) is 19.9 Å². The van der Waals surface area contributed by atoms with Crippen LogP contribution >= 0.6 is 0 Å². The number of aromatic nitrogens is 5. The second-order valence-electron chi connectivity index (χ2n) is 6.09. The SMILES string of the molecule is CC.Cc1ncc(C)n2nc(CCc3ccc4c(n3)NCCC4)nc12. The Morgan fingerprint density at radius 1 is 1.12 bits per heavy atom. The van der Waals surface area contributed by atoms with Crippen molar-refractivity contribution in [2.45, 2.75) is 53.4 Å². The number of aryl methyl sites for hydroxylation is 5. The molecule has 4 heterocycles. The molecule has 6 heteroatoms. The van der Waals surface area contributed by atoms with Crippen molar-refractivity contribution in [3.8, 4) is 0 Å². The van der Waals surface area contributed by atoms with Gasteiger partial charge in [0.05, 0.1) is 11.4 Å². The Labute approximate surface area is 148 Å². The first-order valence-electron chi connectivity index (χ1n) is 9.11. The highest BCUT2D eigenvalue weighted by Crippen LogP contribution is 2.20. The molecule has 132 valence electrons. The number of anilines is 1. The van der Waals surface area contributed by atoms with Crippen molar-refractivity contribution in [1.29, 1.82) is 0 Å². The van der Waals surface area contributed by atoms with E-state index in [1.165, 1.54) is 12.0 Å². The lowest BCUT2D eigenvalue weighted by molar-refractivity contribution is 0.788. The van der Waals surface area contributed by atoms with Gasteiger partial charge in [0.1, 0.15) is 5.82 Å². The number of pyridine rings is 1. The summed E-state index contributed by atoms with van der Waals surface area (Å²) in [7, 11) is 0. The molecule has 3 aromatic rings. The van der Waals surface area contributed by atoms with E-state index >= 15 is 0 Å². The van der Waals surface area contributed by atoms with Gasteiger partial charge in [-0.15, -0.1) is 0 Å². The highest BCUT2D eigenvalue weighted by Gasteiger charge is 2.12. The smallest absolute Gasteiger partial charge is 0.177 e. The molecule has 0 saturated carbocycles. The number of hydrogen-bond donors (Lipinski definition) is 1. The Kier molecular flexibility index (Phi) is 5.26. The van der Waals surface area contributed by atoms with E-state index in [-0.39, 0.29) is 0 Å². The minimum Gasteiger partial charge on any atom is -0.370 e. The molecule has 0 radical (unpaired) electrons. The fourth-order valence-electron chi connectivity index (χ4n) is 2.99. The molecule has 0 unspecified atom stereocenters. The van der Waals surface area contributed by atoms with Gasteiger partial charge in [-0.2, -0.15) is 5.10 Å². The second-order valence-corrected chi connectivity index (χ2v) is 6.09. The molecule has 3 aromatic heterocycles. The first kappa shape index (κ1) is 17.3. The Hall–Kier alpha value is -2.50. The van der Waals surface area contributed by atoms with E-state index in [4.69, 9.17) is 4.98 Å². The maximum Gasteiger partial charge on any atom is 0.177 e. The predicted octanol–water partition coefficient (Wildman–Crippen LogP) is 3.31. The Balaban J connectivity index is 0.000000880. The van der Waals surface area contributed by atoms with Crippen LogP contribution in [0, 0.1) is 13.8 Å². The highest BCUT2D eigenvalue weighted by atomic mass is 15.3. The van der Waals surface area contributed by atoms with Crippen LogP contribution in [-0.4, -0.2) is 31.1 Å². The van der Waals surface area contributed by atoms with Gasteiger partial charge >= 0.3 is 0 Å². The van der Waals surface area contributed by atoms with Crippen LogP contribution in [0.2, 0.25) is 0 Å². The zero-order valence-corrected chi connectivity index (χ0v) is 15.5. The molecule has 0 aromatic carbocycles. The van der Waals surface area contributed by atoms with Crippen LogP contribution in [0.1, 0.15) is 48.7 Å². The highest BCUT2D eigenvalue weighted by molar-refractivity contribution is 5.47. The summed E-state index contributed by atoms with van der Waals surface area (Å²) in [6.45, 7) is 8.97. The molecule has 1 aliphatic heterocycles. The van der Waals surface area contributed by atoms with E-state index in [2.05, 4.69) is 32.5 Å². The number of fused-ring (bicyclic) bond motifs is 2. The molecule has 1 N–H and O–H groups in total. The van der Waals surface area contributed by atoms with E-state index in [1.54, 1.807) is 0 Å². The first-order valence-corrected chi connectivity index (χ1v) is 9.11. The van der Waals surface area contributed by atoms with Gasteiger partial charge in [0.25, 0.3) is 0 Å². The van der Waals surface area contributed by atoms with Crippen LogP contribution in [0.25, 0.3) is 5.65 Å². The fourth-order valence-corrected chi connectivity index (χ4v) is 2.99. The minimum absolute atomic E-state index is 0.784. The first-order chi connectivity index (χ1) is 12.2. The Morgan fingerprint density at radius 3 is 2.76 bits per heavy atom. The van der Waals surface area contributed by atoms with Crippen molar-refractivity contribution in [1.82, 2.24) is 24.6 Å². The van der Waals surface area contributed by atoms with Crippen LogP contribution in [0.15, 0.2) is 18.3 Å². The van der Waals surface area contributed by atoms with Crippen molar-refractivity contribution < 1.29 is 0 Å². The monoisotopic (exact) mass is 338 g/mol. The van der Waals surface area contributed by atoms with Crippen molar-refractivity contribution in [2.75, 3.05) is 11.9 Å². The third-order valence-corrected chi connectivity index (χ3v) is 4.31. The zero-order valence-electron chi connectivity index (χ0n) is 15.5. The number of rotatable bonds is 3. The minimum atomic E-state index is 0.784. The van der Waals surface area contributed by atoms with Gasteiger partial charge in [-0.3, -0.25) is 4.98 Å². The van der Waals surface area contributed by atoms with Gasteiger partial charge in [-0.25, -0.2) is 14.5 Å². The van der Waals surface area contributed by atoms with Gasteiger partial charge in [0.15, 0.2) is 11.5 Å². The van der Waals surface area contributed by atoms with Gasteiger partial charge in [0.2, 0.25) is 0 Å². The predicted molar refractivity (Wildman–Crippen MR) is 100 cm³/mol. The lowest BCUT2D eigenvalue weighted by Crippen LogP contribution is -2.14. The molecule has 4 rings (SSSR count). The van der Waals surface area contributed by atoms with Crippen molar-refractivity contribution in [3.05, 3.63) is 46.8 Å². The largest absolute Gasteiger partial charge is 0.370 e. The Bertz CT molecular complexity index is 829. The number of nitrogens with zero attached hydrogens (tertiary/aromatic N) is 5. The topological polar surface area (TPSA) is 68.0 Å². The summed E-state index contributed by atoms with van der Waals surface area (Å²) in [5.74, 6) is 1.89. The van der Waals surface area contributed by atoms with Crippen molar-refractivity contribution in [2.24, 2.45) is 0 Å². The quantitative estimate of drug-likeness (QED) is 0.793. The molecule has 0 aliphatic carbocycles. The van der Waals surface area contributed by atoms with E-state index in [1.807, 2.05) is 38.4 Å². The van der Waals surface area contributed by atoms with Gasteiger partial charge in [-0.05, 0) is 44.7 Å². The summed E-state index contributed by atoms with van der Waals surface area (Å²) in [6.07, 6.45) is 5.77. The van der Waals surface area contributed by atoms with Crippen LogP contribution in [0.5, 0.6) is 0 Å². The second kappa shape index (κ2) is 7.59. The van der Waals surface area contributed by atoms with E-state index in [9.17, 15) is 0 Å². The van der Waals surface area contributed by atoms with Crippen LogP contribution in [0.3, 0.4) is 0 Å². The molecule has 25 heavy (non-hydrogen) atoms. The maximum atomic E-state index is 4.73. The molecule has 0 spiro atoms. The third kappa shape index (κ3) is 3.62. The molecule has 0 atom stereocenters. The summed E-state index contributed by atoms with van der Waals surface area (Å²) < 4.78 is 1.87. The number of hydrogen-bond acceptors (Lipinski definition) is 5. The van der Waals surface area contributed by atoms with Gasteiger partial charge < -0.3 is 5.32 Å². The van der Waals surface area contributed by atoms with E-state index < -0.39 is 0 Å². The summed E-state index contributed by atoms with van der Waals surface area (Å²) in [4.78, 5) is 13.7. The average Bonchev–Trinajstić information content (AvgIpc) is 3.10. The summed E-state index contributed by atoms with van der Waals surface area (Å²) in [5.41, 5.74) is 5.16. The lowest BCUT2D eigenvalue weighted by Gasteiger charge is -2.17. The average molecular weight is 338 g/mol. The summed E-state index contributed by atoms with van der Waals surface area (Å²) in [5, 5.41) is 7.98. The van der Waals surface area contributed by atoms with Crippen molar-refractivity contribution in [3.63, 3.8) is 0 Å². The summed E-state index contributed by atoms with van der Waals surface area (Å²) in [6, 6.07) is 4.32. The van der Waals surface area contributed by atoms with E-state index in [0.717, 1.165) is 60.2 Å². The van der Waals surface area contributed by atoms with Crippen LogP contribution < -0.4 is 5.32 Å². The molecule has 0 saturated heterocycles. The molecule has 0 amide bonds. The maximum absolute atomic E-state index is 4.73. The van der Waals surface area contributed by atoms with E-state index in [0.29, 0.717) is 0 Å². The number of nitrogens with one attached hydrogen (secondary N) is 1. The third-order valence-electron chi connectivity index (χ3n) is 4.31. The molecule has 1 aliphatic rings. The summed E-state index contributed by atoms with van der Waals surface area (Å²) >= 11 is 0.